The Kier molecular flexibility index (Phi) is 3.69. The second-order valence-corrected chi connectivity index (χ2v) is 4.00. The number of aliphatic hydroxyl groups excluding tert-OH is 1. The van der Waals surface area contributed by atoms with Crippen molar-refractivity contribution in [2.75, 3.05) is 0 Å². The minimum atomic E-state index is 0.0954. The first-order valence-electron chi connectivity index (χ1n) is 5.23. The van der Waals surface area contributed by atoms with E-state index in [0.29, 0.717) is 5.92 Å². The maximum absolute atomic E-state index is 9.15. The minimum Gasteiger partial charge on any atom is -0.392 e. The van der Waals surface area contributed by atoms with E-state index in [2.05, 4.69) is 18.9 Å². The average molecular weight is 196 g/mol. The maximum Gasteiger partial charge on any atom is 0.0718 e. The first-order valence-corrected chi connectivity index (χ1v) is 5.23. The number of nitrogens with zero attached hydrogens (tertiary/aromatic N) is 2. The third-order valence-electron chi connectivity index (χ3n) is 2.87. The zero-order valence-electron chi connectivity index (χ0n) is 9.54. The van der Waals surface area contributed by atoms with Gasteiger partial charge >= 0.3 is 0 Å². The van der Waals surface area contributed by atoms with Gasteiger partial charge in [0.15, 0.2) is 0 Å². The lowest BCUT2D eigenvalue weighted by molar-refractivity contribution is 0.280. The van der Waals surface area contributed by atoms with Crippen LogP contribution < -0.4 is 0 Å². The van der Waals surface area contributed by atoms with Crippen LogP contribution in [-0.2, 0) is 13.2 Å². The highest BCUT2D eigenvalue weighted by molar-refractivity contribution is 5.23. The van der Waals surface area contributed by atoms with E-state index < -0.39 is 0 Å². The molecule has 0 radical (unpaired) electrons. The third-order valence-corrected chi connectivity index (χ3v) is 2.87. The Morgan fingerprint density at radius 3 is 2.50 bits per heavy atom. The summed E-state index contributed by atoms with van der Waals surface area (Å²) in [5, 5.41) is 13.6. The monoisotopic (exact) mass is 196 g/mol. The fraction of sp³-hybridized carbons (Fsp3) is 0.727. The molecule has 0 bridgehead atoms. The highest BCUT2D eigenvalue weighted by Crippen LogP contribution is 2.15. The molecule has 0 aliphatic carbocycles. The second kappa shape index (κ2) is 4.60. The molecule has 0 saturated heterocycles. The molecule has 80 valence electrons. The molecular weight excluding hydrogens is 176 g/mol. The largest absolute Gasteiger partial charge is 0.392 e. The van der Waals surface area contributed by atoms with Crippen molar-refractivity contribution < 1.29 is 5.11 Å². The SMILES string of the molecule is CCC(C)Cn1nc(C)c(CO)c1C. The Labute approximate surface area is 85.8 Å². The van der Waals surface area contributed by atoms with Crippen molar-refractivity contribution in [2.24, 2.45) is 5.92 Å². The number of hydrogen-bond acceptors (Lipinski definition) is 2. The molecule has 3 nitrogen and oxygen atoms in total. The minimum absolute atomic E-state index is 0.0954. The molecule has 0 aromatic carbocycles. The summed E-state index contributed by atoms with van der Waals surface area (Å²) in [6, 6.07) is 0. The number of aromatic nitrogens is 2. The summed E-state index contributed by atoms with van der Waals surface area (Å²) in [7, 11) is 0. The molecule has 1 N–H and O–H groups in total. The van der Waals surface area contributed by atoms with E-state index in [9.17, 15) is 0 Å². The van der Waals surface area contributed by atoms with Crippen molar-refractivity contribution in [3.05, 3.63) is 17.0 Å². The molecule has 1 heterocycles. The van der Waals surface area contributed by atoms with E-state index in [1.807, 2.05) is 18.5 Å². The van der Waals surface area contributed by atoms with Gasteiger partial charge < -0.3 is 5.11 Å². The van der Waals surface area contributed by atoms with Gasteiger partial charge in [0.05, 0.1) is 12.3 Å². The van der Waals surface area contributed by atoms with Crippen LogP contribution >= 0.6 is 0 Å². The molecule has 1 rings (SSSR count). The van der Waals surface area contributed by atoms with Crippen LogP contribution in [-0.4, -0.2) is 14.9 Å². The summed E-state index contributed by atoms with van der Waals surface area (Å²) < 4.78 is 2.01. The fourth-order valence-corrected chi connectivity index (χ4v) is 1.56. The third kappa shape index (κ3) is 2.15. The normalized spacial score (nSPS) is 13.2. The molecule has 1 unspecified atom stereocenters. The van der Waals surface area contributed by atoms with Crippen LogP contribution in [0.1, 0.15) is 37.2 Å². The van der Waals surface area contributed by atoms with E-state index in [1.165, 1.54) is 0 Å². The van der Waals surface area contributed by atoms with Crippen LogP contribution in [0.2, 0.25) is 0 Å². The first kappa shape index (κ1) is 11.2. The van der Waals surface area contributed by atoms with Crippen molar-refractivity contribution in [1.82, 2.24) is 9.78 Å². The standard InChI is InChI=1S/C11H20N2O/c1-5-8(2)6-13-10(4)11(7-14)9(3)12-13/h8,14H,5-7H2,1-4H3. The molecule has 0 saturated carbocycles. The summed E-state index contributed by atoms with van der Waals surface area (Å²) in [6.07, 6.45) is 1.16. The number of hydrogen-bond donors (Lipinski definition) is 1. The predicted molar refractivity (Wildman–Crippen MR) is 57.1 cm³/mol. The van der Waals surface area contributed by atoms with Crippen LogP contribution in [0, 0.1) is 19.8 Å². The van der Waals surface area contributed by atoms with Crippen molar-refractivity contribution >= 4 is 0 Å². The average Bonchev–Trinajstić information content (AvgIpc) is 2.42. The molecule has 0 aliphatic rings. The molecule has 0 spiro atoms. The highest BCUT2D eigenvalue weighted by atomic mass is 16.3. The van der Waals surface area contributed by atoms with Gasteiger partial charge in [-0.3, -0.25) is 4.68 Å². The molecule has 0 amide bonds. The Morgan fingerprint density at radius 2 is 2.07 bits per heavy atom. The molecular formula is C11H20N2O. The number of aryl methyl sites for hydroxylation is 1. The quantitative estimate of drug-likeness (QED) is 0.800. The van der Waals surface area contributed by atoms with Crippen molar-refractivity contribution in [3.8, 4) is 0 Å². The summed E-state index contributed by atoms with van der Waals surface area (Å²) in [5.74, 6) is 0.638. The lowest BCUT2D eigenvalue weighted by atomic mass is 10.1. The molecule has 0 fully saturated rings. The van der Waals surface area contributed by atoms with Gasteiger partial charge in [0, 0.05) is 17.8 Å². The van der Waals surface area contributed by atoms with Crippen LogP contribution in [0.15, 0.2) is 0 Å². The molecule has 1 aromatic heterocycles. The first-order chi connectivity index (χ1) is 6.60. The Bertz CT molecular complexity index is 304. The van der Waals surface area contributed by atoms with Gasteiger partial charge in [-0.15, -0.1) is 0 Å². The Balaban J connectivity index is 2.88. The fourth-order valence-electron chi connectivity index (χ4n) is 1.56. The van der Waals surface area contributed by atoms with Gasteiger partial charge in [0.2, 0.25) is 0 Å². The van der Waals surface area contributed by atoms with Gasteiger partial charge in [-0.2, -0.15) is 5.10 Å². The summed E-state index contributed by atoms with van der Waals surface area (Å²) in [6.45, 7) is 9.42. The zero-order valence-corrected chi connectivity index (χ0v) is 9.54. The van der Waals surface area contributed by atoms with Gasteiger partial charge in [0.1, 0.15) is 0 Å². The van der Waals surface area contributed by atoms with Crippen LogP contribution in [0.4, 0.5) is 0 Å². The van der Waals surface area contributed by atoms with E-state index >= 15 is 0 Å². The smallest absolute Gasteiger partial charge is 0.0718 e. The second-order valence-electron chi connectivity index (χ2n) is 4.00. The predicted octanol–water partition coefficient (Wildman–Crippen LogP) is 2.04. The molecule has 0 aliphatic heterocycles. The molecule has 1 aromatic rings. The molecule has 3 heteroatoms. The van der Waals surface area contributed by atoms with Crippen molar-refractivity contribution in [3.63, 3.8) is 0 Å². The lowest BCUT2D eigenvalue weighted by Crippen LogP contribution is -2.10. The van der Waals surface area contributed by atoms with Crippen LogP contribution in [0.5, 0.6) is 0 Å². The summed E-state index contributed by atoms with van der Waals surface area (Å²) >= 11 is 0. The van der Waals surface area contributed by atoms with E-state index in [1.54, 1.807) is 0 Å². The summed E-state index contributed by atoms with van der Waals surface area (Å²) in [4.78, 5) is 0. The zero-order chi connectivity index (χ0) is 10.7. The van der Waals surface area contributed by atoms with Gasteiger partial charge in [-0.1, -0.05) is 20.3 Å². The van der Waals surface area contributed by atoms with E-state index in [0.717, 1.165) is 29.9 Å². The summed E-state index contributed by atoms with van der Waals surface area (Å²) in [5.41, 5.74) is 3.03. The molecule has 1 atom stereocenters. The highest BCUT2D eigenvalue weighted by Gasteiger charge is 2.11. The lowest BCUT2D eigenvalue weighted by Gasteiger charge is -2.10. The Morgan fingerprint density at radius 1 is 1.43 bits per heavy atom. The van der Waals surface area contributed by atoms with E-state index in [4.69, 9.17) is 5.11 Å². The van der Waals surface area contributed by atoms with Gasteiger partial charge in [0.25, 0.3) is 0 Å². The number of aliphatic hydroxyl groups is 1. The van der Waals surface area contributed by atoms with Crippen LogP contribution in [0.25, 0.3) is 0 Å². The van der Waals surface area contributed by atoms with Gasteiger partial charge in [-0.25, -0.2) is 0 Å². The van der Waals surface area contributed by atoms with Crippen molar-refractivity contribution in [1.29, 1.82) is 0 Å². The van der Waals surface area contributed by atoms with Crippen LogP contribution in [0.3, 0.4) is 0 Å². The van der Waals surface area contributed by atoms with Crippen molar-refractivity contribution in [2.45, 2.75) is 47.3 Å². The van der Waals surface area contributed by atoms with Gasteiger partial charge in [-0.05, 0) is 19.8 Å². The Hall–Kier alpha value is -0.830. The maximum atomic E-state index is 9.15. The number of rotatable bonds is 4. The topological polar surface area (TPSA) is 38.0 Å². The molecule has 14 heavy (non-hydrogen) atoms. The van der Waals surface area contributed by atoms with E-state index in [-0.39, 0.29) is 6.61 Å².